The summed E-state index contributed by atoms with van der Waals surface area (Å²) in [5.41, 5.74) is -0.440. The second-order valence-electron chi connectivity index (χ2n) is 5.31. The molecule has 1 fully saturated rings. The maximum Gasteiger partial charge on any atom is 0.327 e. The number of nitro groups is 1. The Balaban J connectivity index is 1.79. The van der Waals surface area contributed by atoms with E-state index in [0.29, 0.717) is 4.34 Å². The molecule has 0 aliphatic carbocycles. The van der Waals surface area contributed by atoms with Crippen molar-refractivity contribution < 1.29 is 17.7 Å². The molecule has 3 rings (SSSR count). The lowest BCUT2D eigenvalue weighted by Crippen LogP contribution is -2.48. The zero-order valence-electron chi connectivity index (χ0n) is 12.8. The molecule has 1 aliphatic rings. The Morgan fingerprint density at radius 2 is 1.84 bits per heavy atom. The molecule has 0 spiro atoms. The predicted molar refractivity (Wildman–Crippen MR) is 93.4 cm³/mol. The van der Waals surface area contributed by atoms with Gasteiger partial charge in [-0.25, -0.2) is 8.42 Å². The molecule has 0 atom stereocenters. The Bertz CT molecular complexity index is 911. The molecule has 0 saturated carbocycles. The van der Waals surface area contributed by atoms with Crippen LogP contribution in [0.1, 0.15) is 0 Å². The molecule has 1 aromatic heterocycles. The van der Waals surface area contributed by atoms with Crippen LogP contribution < -0.4 is 4.90 Å². The minimum absolute atomic E-state index is 0.144. The van der Waals surface area contributed by atoms with Crippen LogP contribution >= 0.6 is 22.9 Å². The lowest BCUT2D eigenvalue weighted by Gasteiger charge is -2.34. The number of halogens is 2. The molecule has 0 amide bonds. The zero-order chi connectivity index (χ0) is 18.2. The highest BCUT2D eigenvalue weighted by Crippen LogP contribution is 2.33. The summed E-state index contributed by atoms with van der Waals surface area (Å²) in [7, 11) is -3.65. The maximum absolute atomic E-state index is 13.8. The molecule has 1 aromatic carbocycles. The number of thiophene rings is 1. The fourth-order valence-electron chi connectivity index (χ4n) is 2.67. The van der Waals surface area contributed by atoms with Crippen molar-refractivity contribution in [2.45, 2.75) is 4.21 Å². The highest BCUT2D eigenvalue weighted by Gasteiger charge is 2.32. The number of sulfonamides is 1. The summed E-state index contributed by atoms with van der Waals surface area (Å²) in [6.45, 7) is 0.738. The van der Waals surface area contributed by atoms with Gasteiger partial charge in [-0.1, -0.05) is 17.7 Å². The number of para-hydroxylation sites is 1. The Kier molecular flexibility index (Phi) is 4.96. The highest BCUT2D eigenvalue weighted by molar-refractivity contribution is 7.91. The van der Waals surface area contributed by atoms with Gasteiger partial charge < -0.3 is 4.90 Å². The largest absolute Gasteiger partial charge is 0.363 e. The fraction of sp³-hybridized carbons (Fsp3) is 0.286. The number of nitrogens with zero attached hydrogens (tertiary/aromatic N) is 3. The van der Waals surface area contributed by atoms with Crippen molar-refractivity contribution in [2.24, 2.45) is 0 Å². The molecule has 0 radical (unpaired) electrons. The number of benzene rings is 1. The molecule has 0 N–H and O–H groups in total. The van der Waals surface area contributed by atoms with Crippen LogP contribution in [0.15, 0.2) is 34.5 Å². The standard InChI is InChI=1S/C14H13ClFN3O4S2/c15-12-4-5-13(24-12)25(22,23)18-8-6-17(7-9-18)11-3-1-2-10(16)14(11)19(20)21/h1-5H,6-9H2. The zero-order valence-corrected chi connectivity index (χ0v) is 15.2. The fourth-order valence-corrected chi connectivity index (χ4v) is 5.73. The molecule has 1 saturated heterocycles. The summed E-state index contributed by atoms with van der Waals surface area (Å²) in [4.78, 5) is 12.0. The lowest BCUT2D eigenvalue weighted by molar-refractivity contribution is -0.386. The van der Waals surface area contributed by atoms with E-state index >= 15 is 0 Å². The van der Waals surface area contributed by atoms with Crippen molar-refractivity contribution in [1.29, 1.82) is 0 Å². The second kappa shape index (κ2) is 6.87. The summed E-state index contributed by atoms with van der Waals surface area (Å²) >= 11 is 6.78. The van der Waals surface area contributed by atoms with Crippen LogP contribution in [0.25, 0.3) is 0 Å². The monoisotopic (exact) mass is 405 g/mol. The van der Waals surface area contributed by atoms with Gasteiger partial charge in [0.1, 0.15) is 9.90 Å². The van der Waals surface area contributed by atoms with Crippen LogP contribution in [0.5, 0.6) is 0 Å². The first kappa shape index (κ1) is 18.1. The SMILES string of the molecule is O=[N+]([O-])c1c(F)cccc1N1CCN(S(=O)(=O)c2ccc(Cl)s2)CC1. The van der Waals surface area contributed by atoms with Crippen molar-refractivity contribution in [1.82, 2.24) is 4.31 Å². The van der Waals surface area contributed by atoms with Gasteiger partial charge in [-0.2, -0.15) is 8.70 Å². The molecule has 11 heteroatoms. The summed E-state index contributed by atoms with van der Waals surface area (Å²) in [6.07, 6.45) is 0. The predicted octanol–water partition coefficient (Wildman–Crippen LogP) is 2.96. The van der Waals surface area contributed by atoms with Gasteiger partial charge in [-0.3, -0.25) is 10.1 Å². The molecule has 2 heterocycles. The van der Waals surface area contributed by atoms with Crippen LogP contribution in [0.3, 0.4) is 0 Å². The van der Waals surface area contributed by atoms with Crippen LogP contribution in [0.4, 0.5) is 15.8 Å². The van der Waals surface area contributed by atoms with E-state index in [9.17, 15) is 22.9 Å². The topological polar surface area (TPSA) is 83.8 Å². The van der Waals surface area contributed by atoms with Gasteiger partial charge in [0.05, 0.1) is 9.26 Å². The van der Waals surface area contributed by atoms with Crippen LogP contribution in [-0.4, -0.2) is 43.8 Å². The van der Waals surface area contributed by atoms with Crippen molar-refractivity contribution in [3.05, 3.63) is 50.6 Å². The van der Waals surface area contributed by atoms with Crippen molar-refractivity contribution in [3.63, 3.8) is 0 Å². The van der Waals surface area contributed by atoms with E-state index in [1.54, 1.807) is 4.90 Å². The molecule has 0 unspecified atom stereocenters. The van der Waals surface area contributed by atoms with Gasteiger partial charge in [-0.05, 0) is 24.3 Å². The minimum Gasteiger partial charge on any atom is -0.363 e. The van der Waals surface area contributed by atoms with Crippen LogP contribution in [0.2, 0.25) is 4.34 Å². The quantitative estimate of drug-likeness (QED) is 0.576. The molecule has 1 aliphatic heterocycles. The van der Waals surface area contributed by atoms with Gasteiger partial charge >= 0.3 is 5.69 Å². The minimum atomic E-state index is -3.65. The van der Waals surface area contributed by atoms with E-state index in [1.807, 2.05) is 0 Å². The summed E-state index contributed by atoms with van der Waals surface area (Å²) < 4.78 is 40.7. The molecular weight excluding hydrogens is 393 g/mol. The number of piperazine rings is 1. The number of hydrogen-bond acceptors (Lipinski definition) is 6. The average molecular weight is 406 g/mol. The summed E-state index contributed by atoms with van der Waals surface area (Å²) in [6, 6.07) is 6.86. The Morgan fingerprint density at radius 1 is 1.16 bits per heavy atom. The van der Waals surface area contributed by atoms with Gasteiger partial charge in [0.2, 0.25) is 5.82 Å². The van der Waals surface area contributed by atoms with Gasteiger partial charge in [0, 0.05) is 26.2 Å². The van der Waals surface area contributed by atoms with E-state index in [2.05, 4.69) is 0 Å². The molecule has 0 bridgehead atoms. The number of anilines is 1. The van der Waals surface area contributed by atoms with E-state index in [1.165, 1.54) is 28.6 Å². The maximum atomic E-state index is 13.8. The number of rotatable bonds is 4. The Hall–Kier alpha value is -1.75. The van der Waals surface area contributed by atoms with Gasteiger partial charge in [0.25, 0.3) is 10.0 Å². The normalized spacial score (nSPS) is 16.2. The third-order valence-corrected chi connectivity index (χ3v) is 7.47. The first-order valence-electron chi connectivity index (χ1n) is 7.24. The molecule has 25 heavy (non-hydrogen) atoms. The third-order valence-electron chi connectivity index (χ3n) is 3.87. The van der Waals surface area contributed by atoms with Crippen LogP contribution in [0, 0.1) is 15.9 Å². The van der Waals surface area contributed by atoms with Crippen molar-refractivity contribution in [3.8, 4) is 0 Å². The number of hydrogen-bond donors (Lipinski definition) is 0. The smallest absolute Gasteiger partial charge is 0.327 e. The Morgan fingerprint density at radius 3 is 2.40 bits per heavy atom. The van der Waals surface area contributed by atoms with E-state index < -0.39 is 26.5 Å². The van der Waals surface area contributed by atoms with Gasteiger partial charge in [-0.15, -0.1) is 11.3 Å². The van der Waals surface area contributed by atoms with Crippen LogP contribution in [-0.2, 0) is 10.0 Å². The van der Waals surface area contributed by atoms with E-state index in [-0.39, 0.29) is 36.1 Å². The number of nitro benzene ring substituents is 1. The van der Waals surface area contributed by atoms with Crippen molar-refractivity contribution in [2.75, 3.05) is 31.1 Å². The molecular formula is C14H13ClFN3O4S2. The Labute approximate surface area is 152 Å². The first-order chi connectivity index (χ1) is 11.8. The summed E-state index contributed by atoms with van der Waals surface area (Å²) in [5, 5.41) is 11.1. The lowest BCUT2D eigenvalue weighted by atomic mass is 10.2. The third kappa shape index (κ3) is 3.47. The van der Waals surface area contributed by atoms with E-state index in [0.717, 1.165) is 17.4 Å². The second-order valence-corrected chi connectivity index (χ2v) is 9.19. The first-order valence-corrected chi connectivity index (χ1v) is 9.87. The molecule has 7 nitrogen and oxygen atoms in total. The average Bonchev–Trinajstić information content (AvgIpc) is 3.01. The van der Waals surface area contributed by atoms with Crippen molar-refractivity contribution >= 4 is 44.3 Å². The molecule has 134 valence electrons. The summed E-state index contributed by atoms with van der Waals surface area (Å²) in [5.74, 6) is -0.911. The molecule has 2 aromatic rings. The highest BCUT2D eigenvalue weighted by atomic mass is 35.5. The van der Waals surface area contributed by atoms with E-state index in [4.69, 9.17) is 11.6 Å². The van der Waals surface area contributed by atoms with Gasteiger partial charge in [0.15, 0.2) is 0 Å².